The first-order valence-corrected chi connectivity index (χ1v) is 21.0. The minimum atomic E-state index is -4.17. The molecule has 2 amide bonds. The molecule has 0 saturated carbocycles. The van der Waals surface area contributed by atoms with E-state index in [1.54, 1.807) is 67.6 Å². The molecule has 62 heavy (non-hydrogen) atoms. The highest BCUT2D eigenvalue weighted by atomic mass is 32.2. The molecule has 2 heterocycles. The van der Waals surface area contributed by atoms with Crippen LogP contribution in [0.1, 0.15) is 56.4 Å². The Bertz CT molecular complexity index is 3090. The number of carbonyl (C=O) groups excluding carboxylic acids is 2. The Morgan fingerprint density at radius 1 is 0.919 bits per heavy atom. The second-order valence-electron chi connectivity index (χ2n) is 14.4. The van der Waals surface area contributed by atoms with E-state index in [9.17, 15) is 33.0 Å². The maximum atomic E-state index is 14.2. The Kier molecular flexibility index (Phi) is 12.6. The molecule has 0 saturated heterocycles. The maximum Gasteiger partial charge on any atom is 0.256 e. The number of H-pyrrole nitrogens is 2. The molecule has 0 aliphatic rings. The number of pyridine rings is 2. The number of carbonyl (C=O) groups is 2. The van der Waals surface area contributed by atoms with Gasteiger partial charge in [-0.05, 0) is 104 Å². The van der Waals surface area contributed by atoms with E-state index >= 15 is 0 Å². The number of rotatable bonds is 14. The number of fused-ring (bicyclic) bond motifs is 2. The third kappa shape index (κ3) is 9.43. The number of nitrogens with two attached hydrogens (primary N) is 1. The van der Waals surface area contributed by atoms with Gasteiger partial charge in [0, 0.05) is 58.5 Å². The number of phenols is 1. The van der Waals surface area contributed by atoms with Crippen molar-refractivity contribution in [1.29, 1.82) is 0 Å². The molecule has 1 atom stereocenters. The van der Waals surface area contributed by atoms with E-state index in [-0.39, 0.29) is 44.3 Å². The van der Waals surface area contributed by atoms with Gasteiger partial charge in [-0.15, -0.1) is 0 Å². The fourth-order valence-electron chi connectivity index (χ4n) is 6.98. The van der Waals surface area contributed by atoms with E-state index in [1.807, 2.05) is 0 Å². The van der Waals surface area contributed by atoms with Crippen LogP contribution in [0.3, 0.4) is 0 Å². The number of methoxy groups -OCH3 is 1. The van der Waals surface area contributed by atoms with Gasteiger partial charge in [0.1, 0.15) is 17.1 Å². The van der Waals surface area contributed by atoms with Crippen molar-refractivity contribution in [2.75, 3.05) is 30.8 Å². The SMILES string of the molecule is COc1cccc(Nc2c(C(N)=O)c[nH+]c3c(C)cc(S(=O)(=O)c4cccc(C(=O)Nc5ccc(C#CCCCNCC(O)c6ccc(O)c7[nH]c(=O)ccc67)cc5)c4)cc23)c1. The minimum Gasteiger partial charge on any atom is -0.506 e. The Balaban J connectivity index is 0.977. The number of hydrogen-bond donors (Lipinski definition) is 7. The van der Waals surface area contributed by atoms with Crippen molar-refractivity contribution in [3.8, 4) is 23.3 Å². The van der Waals surface area contributed by atoms with Crippen molar-refractivity contribution in [2.45, 2.75) is 35.7 Å². The van der Waals surface area contributed by atoms with E-state index in [2.05, 4.69) is 37.8 Å². The monoisotopic (exact) mass is 851 g/mol. The van der Waals surface area contributed by atoms with Crippen molar-refractivity contribution in [2.24, 2.45) is 5.73 Å². The summed E-state index contributed by atoms with van der Waals surface area (Å²) in [5, 5.41) is 31.1. The van der Waals surface area contributed by atoms with Gasteiger partial charge in [-0.2, -0.15) is 0 Å². The summed E-state index contributed by atoms with van der Waals surface area (Å²) < 4.78 is 33.7. The second kappa shape index (κ2) is 18.4. The van der Waals surface area contributed by atoms with Crippen LogP contribution < -0.4 is 37.0 Å². The first-order valence-electron chi connectivity index (χ1n) is 19.5. The molecule has 9 N–H and O–H groups in total. The zero-order valence-corrected chi connectivity index (χ0v) is 34.5. The van der Waals surface area contributed by atoms with Gasteiger partial charge in [0.25, 0.3) is 11.8 Å². The minimum absolute atomic E-state index is 0.0460. The van der Waals surface area contributed by atoms with Crippen LogP contribution in [0.4, 0.5) is 17.1 Å². The lowest BCUT2D eigenvalue weighted by atomic mass is 10.0. The summed E-state index contributed by atoms with van der Waals surface area (Å²) in [7, 11) is -2.63. The number of aliphatic hydroxyl groups is 1. The quantitative estimate of drug-likeness (QED) is 0.0506. The maximum absolute atomic E-state index is 14.2. The lowest BCUT2D eigenvalue weighted by molar-refractivity contribution is -0.345. The van der Waals surface area contributed by atoms with Gasteiger partial charge in [-0.25, -0.2) is 13.4 Å². The number of sulfone groups is 1. The number of anilines is 3. The van der Waals surface area contributed by atoms with Crippen LogP contribution in [-0.2, 0) is 9.84 Å². The lowest BCUT2D eigenvalue weighted by Gasteiger charge is -2.15. The molecule has 2 aromatic heterocycles. The van der Waals surface area contributed by atoms with Crippen molar-refractivity contribution in [3.05, 3.63) is 154 Å². The summed E-state index contributed by atoms with van der Waals surface area (Å²) in [6.45, 7) is 2.63. The third-order valence-corrected chi connectivity index (χ3v) is 11.9. The van der Waals surface area contributed by atoms with Gasteiger partial charge in [-0.3, -0.25) is 14.4 Å². The van der Waals surface area contributed by atoms with E-state index in [4.69, 9.17) is 10.5 Å². The molecule has 0 fully saturated rings. The molecule has 7 rings (SSSR count). The molecule has 0 bridgehead atoms. The number of unbranched alkanes of at least 4 members (excludes halogenated alkanes) is 1. The molecule has 15 heteroatoms. The first kappa shape index (κ1) is 42.6. The summed E-state index contributed by atoms with van der Waals surface area (Å²) in [6, 6.07) is 28.8. The van der Waals surface area contributed by atoms with Crippen molar-refractivity contribution in [1.82, 2.24) is 10.3 Å². The number of aryl methyl sites for hydroxylation is 1. The predicted molar refractivity (Wildman–Crippen MR) is 236 cm³/mol. The fraction of sp³-hybridized carbons (Fsp3) is 0.149. The van der Waals surface area contributed by atoms with Gasteiger partial charge in [0.15, 0.2) is 6.20 Å². The average molecular weight is 852 g/mol. The summed E-state index contributed by atoms with van der Waals surface area (Å²) >= 11 is 0. The molecule has 5 aromatic carbocycles. The number of aliphatic hydroxyl groups excluding tert-OH is 1. The molecular weight excluding hydrogens is 809 g/mol. The molecule has 0 radical (unpaired) electrons. The number of aromatic nitrogens is 2. The molecule has 0 aliphatic heterocycles. The number of nitrogens with one attached hydrogen (secondary N) is 5. The van der Waals surface area contributed by atoms with Crippen LogP contribution in [0.25, 0.3) is 21.8 Å². The highest BCUT2D eigenvalue weighted by Crippen LogP contribution is 2.34. The standard InChI is InChI=1S/C47H42N6O8S/c1-28-22-35(25-38-43(28)50-26-39(46(48)57)44(38)51-32-10-7-11-33(24-32)61-2)62(59,60)34-12-6-9-30(23-34)47(58)52-31-15-13-29(14-16-31)8-4-3-5-21-49-27-41(55)36-17-19-40(54)45-37(36)18-20-42(56)53-45/h6-7,9-20,22-26,41,49,54-55H,3,5,21,27H2,1-2H3,(H2,48,57)(H,50,51)(H,52,58)(H,53,56)/p+1. The van der Waals surface area contributed by atoms with E-state index in [0.29, 0.717) is 63.2 Å². The number of primary amides is 1. The van der Waals surface area contributed by atoms with Crippen molar-refractivity contribution < 1.29 is 37.9 Å². The van der Waals surface area contributed by atoms with Crippen LogP contribution in [0, 0.1) is 18.8 Å². The number of phenolic OH excluding ortho intramolecular Hbond substituents is 1. The number of benzene rings is 5. The molecule has 0 spiro atoms. The Morgan fingerprint density at radius 2 is 1.71 bits per heavy atom. The third-order valence-electron chi connectivity index (χ3n) is 10.2. The van der Waals surface area contributed by atoms with E-state index in [1.165, 1.54) is 61.8 Å². The Hall–Kier alpha value is -7.51. The molecule has 314 valence electrons. The predicted octanol–water partition coefficient (Wildman–Crippen LogP) is 5.90. The first-order chi connectivity index (χ1) is 29.8. The largest absolute Gasteiger partial charge is 0.506 e. The summed E-state index contributed by atoms with van der Waals surface area (Å²) in [4.78, 5) is 43.1. The zero-order chi connectivity index (χ0) is 44.0. The van der Waals surface area contributed by atoms with Gasteiger partial charge < -0.3 is 41.6 Å². The molecule has 14 nitrogen and oxygen atoms in total. The summed E-state index contributed by atoms with van der Waals surface area (Å²) in [5.74, 6) is 5.51. The highest BCUT2D eigenvalue weighted by Gasteiger charge is 2.25. The zero-order valence-electron chi connectivity index (χ0n) is 33.7. The molecule has 0 aliphatic carbocycles. The van der Waals surface area contributed by atoms with Crippen molar-refractivity contribution in [3.63, 3.8) is 0 Å². The lowest BCUT2D eigenvalue weighted by Crippen LogP contribution is -2.22. The van der Waals surface area contributed by atoms with Crippen LogP contribution in [0.5, 0.6) is 11.5 Å². The van der Waals surface area contributed by atoms with Crippen LogP contribution in [0.15, 0.2) is 130 Å². The average Bonchev–Trinajstić information content (AvgIpc) is 3.27. The van der Waals surface area contributed by atoms with Crippen LogP contribution in [0.2, 0.25) is 0 Å². The van der Waals surface area contributed by atoms with E-state index in [0.717, 1.165) is 12.0 Å². The molecule has 1 unspecified atom stereocenters. The number of aromatic amines is 2. The van der Waals surface area contributed by atoms with Crippen LogP contribution in [-0.4, -0.2) is 55.6 Å². The molecular formula is C47H43N6O8S+. The summed E-state index contributed by atoms with van der Waals surface area (Å²) in [6.07, 6.45) is 1.95. The number of aromatic hydroxyl groups is 1. The normalized spacial score (nSPS) is 11.7. The topological polar surface area (TPSA) is 227 Å². The van der Waals surface area contributed by atoms with Crippen molar-refractivity contribution >= 4 is 60.5 Å². The fourth-order valence-corrected chi connectivity index (χ4v) is 8.40. The highest BCUT2D eigenvalue weighted by molar-refractivity contribution is 7.91. The van der Waals surface area contributed by atoms with Gasteiger partial charge >= 0.3 is 0 Å². The Morgan fingerprint density at radius 3 is 2.48 bits per heavy atom. The van der Waals surface area contributed by atoms with Crippen LogP contribution >= 0.6 is 0 Å². The Labute approximate surface area is 356 Å². The van der Waals surface area contributed by atoms with Gasteiger partial charge in [-0.1, -0.05) is 30.0 Å². The molecule has 7 aromatic rings. The number of hydrogen-bond acceptors (Lipinski definition) is 10. The summed E-state index contributed by atoms with van der Waals surface area (Å²) in [5.41, 5.74) is 9.85. The van der Waals surface area contributed by atoms with E-state index < -0.39 is 27.8 Å². The number of amides is 2. The second-order valence-corrected chi connectivity index (χ2v) is 16.4. The number of ether oxygens (including phenoxy) is 1. The van der Waals surface area contributed by atoms with Gasteiger partial charge in [0.2, 0.25) is 20.9 Å². The smallest absolute Gasteiger partial charge is 0.256 e. The van der Waals surface area contributed by atoms with Gasteiger partial charge in [0.05, 0.1) is 39.6 Å².